The molecule has 5 heteroatoms. The highest BCUT2D eigenvalue weighted by atomic mass is 79.9. The van der Waals surface area contributed by atoms with Gasteiger partial charge in [-0.3, -0.25) is 0 Å². The normalized spacial score (nSPS) is 10.4. The quantitative estimate of drug-likeness (QED) is 0.882. The Morgan fingerprint density at radius 1 is 1.50 bits per heavy atom. The fourth-order valence-corrected chi connectivity index (χ4v) is 1.56. The molecule has 14 heavy (non-hydrogen) atoms. The zero-order chi connectivity index (χ0) is 9.97. The summed E-state index contributed by atoms with van der Waals surface area (Å²) < 4.78 is 2.61. The predicted molar refractivity (Wildman–Crippen MR) is 57.0 cm³/mol. The molecule has 0 fully saturated rings. The molecule has 0 amide bonds. The monoisotopic (exact) mass is 252 g/mol. The Hall–Kier alpha value is -1.20. The van der Waals surface area contributed by atoms with E-state index in [9.17, 15) is 0 Å². The second-order valence-corrected chi connectivity index (χ2v) is 3.66. The summed E-state index contributed by atoms with van der Waals surface area (Å²) in [6, 6.07) is 3.78. The van der Waals surface area contributed by atoms with Crippen molar-refractivity contribution >= 4 is 15.9 Å². The van der Waals surface area contributed by atoms with Gasteiger partial charge < -0.3 is 5.73 Å². The second-order valence-electron chi connectivity index (χ2n) is 2.81. The second kappa shape index (κ2) is 3.89. The van der Waals surface area contributed by atoms with Gasteiger partial charge in [0.25, 0.3) is 0 Å². The summed E-state index contributed by atoms with van der Waals surface area (Å²) >= 11 is 3.41. The van der Waals surface area contributed by atoms with E-state index in [2.05, 4.69) is 26.0 Å². The summed E-state index contributed by atoms with van der Waals surface area (Å²) in [4.78, 5) is 4.21. The standard InChI is InChI=1S/C9H9BrN4/c10-8-2-1-3-12-9(8)14-6-7(4-11)5-13-14/h1-3,5-6H,4,11H2. The highest BCUT2D eigenvalue weighted by Crippen LogP contribution is 2.17. The SMILES string of the molecule is NCc1cnn(-c2ncccc2Br)c1. The van der Waals surface area contributed by atoms with Crippen LogP contribution in [0.5, 0.6) is 0 Å². The molecular weight excluding hydrogens is 244 g/mol. The fraction of sp³-hybridized carbons (Fsp3) is 0.111. The van der Waals surface area contributed by atoms with Crippen molar-refractivity contribution in [3.05, 3.63) is 40.8 Å². The molecule has 0 aromatic carbocycles. The number of halogens is 1. The maximum Gasteiger partial charge on any atom is 0.167 e. The number of nitrogens with two attached hydrogens (primary N) is 1. The third-order valence-electron chi connectivity index (χ3n) is 1.83. The minimum Gasteiger partial charge on any atom is -0.326 e. The van der Waals surface area contributed by atoms with Crippen molar-refractivity contribution in [2.24, 2.45) is 5.73 Å². The van der Waals surface area contributed by atoms with Gasteiger partial charge in [-0.1, -0.05) is 0 Å². The number of nitrogens with zero attached hydrogens (tertiary/aromatic N) is 3. The fourth-order valence-electron chi connectivity index (χ4n) is 1.13. The molecule has 0 aliphatic heterocycles. The van der Waals surface area contributed by atoms with E-state index in [4.69, 9.17) is 5.73 Å². The summed E-state index contributed by atoms with van der Waals surface area (Å²) in [7, 11) is 0. The molecule has 72 valence electrons. The molecule has 0 aliphatic carbocycles. The third-order valence-corrected chi connectivity index (χ3v) is 2.45. The van der Waals surface area contributed by atoms with Gasteiger partial charge in [0.15, 0.2) is 5.82 Å². The molecule has 2 aromatic heterocycles. The van der Waals surface area contributed by atoms with Crippen LogP contribution in [0.4, 0.5) is 0 Å². The third kappa shape index (κ3) is 1.69. The average molecular weight is 253 g/mol. The lowest BCUT2D eigenvalue weighted by Gasteiger charge is -2.01. The lowest BCUT2D eigenvalue weighted by atomic mass is 10.4. The van der Waals surface area contributed by atoms with Crippen LogP contribution in [-0.2, 0) is 6.54 Å². The van der Waals surface area contributed by atoms with Crippen molar-refractivity contribution in [2.75, 3.05) is 0 Å². The Bertz CT molecular complexity index is 438. The highest BCUT2D eigenvalue weighted by Gasteiger charge is 2.04. The number of pyridine rings is 1. The number of hydrogen-bond donors (Lipinski definition) is 1. The van der Waals surface area contributed by atoms with Crippen LogP contribution < -0.4 is 5.73 Å². The van der Waals surface area contributed by atoms with E-state index >= 15 is 0 Å². The van der Waals surface area contributed by atoms with Crippen molar-refractivity contribution in [2.45, 2.75) is 6.54 Å². The molecule has 2 N–H and O–H groups in total. The predicted octanol–water partition coefficient (Wildman–Crippen LogP) is 1.49. The molecule has 0 unspecified atom stereocenters. The molecule has 0 bridgehead atoms. The van der Waals surface area contributed by atoms with Gasteiger partial charge in [-0.05, 0) is 28.1 Å². The van der Waals surface area contributed by atoms with E-state index in [-0.39, 0.29) is 0 Å². The minimum absolute atomic E-state index is 0.491. The molecule has 0 saturated carbocycles. The maximum absolute atomic E-state index is 5.49. The summed E-state index contributed by atoms with van der Waals surface area (Å²) in [6.07, 6.45) is 5.33. The number of hydrogen-bond acceptors (Lipinski definition) is 3. The van der Waals surface area contributed by atoms with Gasteiger partial charge >= 0.3 is 0 Å². The molecule has 0 saturated heterocycles. The molecule has 2 aromatic rings. The van der Waals surface area contributed by atoms with Crippen LogP contribution in [0.25, 0.3) is 5.82 Å². The molecule has 0 spiro atoms. The lowest BCUT2D eigenvalue weighted by Crippen LogP contribution is -1.98. The lowest BCUT2D eigenvalue weighted by molar-refractivity contribution is 0.841. The molecule has 0 aliphatic rings. The molecule has 2 heterocycles. The average Bonchev–Trinajstić information content (AvgIpc) is 2.67. The van der Waals surface area contributed by atoms with E-state index in [0.717, 1.165) is 15.9 Å². The molecule has 0 atom stereocenters. The Labute approximate surface area is 89.9 Å². The highest BCUT2D eigenvalue weighted by molar-refractivity contribution is 9.10. The largest absolute Gasteiger partial charge is 0.326 e. The molecular formula is C9H9BrN4. The van der Waals surface area contributed by atoms with Crippen LogP contribution in [0.2, 0.25) is 0 Å². The summed E-state index contributed by atoms with van der Waals surface area (Å²) in [6.45, 7) is 0.491. The van der Waals surface area contributed by atoms with E-state index < -0.39 is 0 Å². The van der Waals surface area contributed by atoms with Crippen molar-refractivity contribution in [1.29, 1.82) is 0 Å². The van der Waals surface area contributed by atoms with Gasteiger partial charge in [-0.15, -0.1) is 0 Å². The van der Waals surface area contributed by atoms with Crippen LogP contribution in [0.1, 0.15) is 5.56 Å². The topological polar surface area (TPSA) is 56.7 Å². The number of rotatable bonds is 2. The molecule has 0 radical (unpaired) electrons. The summed E-state index contributed by atoms with van der Waals surface area (Å²) in [5.41, 5.74) is 6.48. The first-order valence-electron chi connectivity index (χ1n) is 4.16. The van der Waals surface area contributed by atoms with Crippen molar-refractivity contribution < 1.29 is 0 Å². The van der Waals surface area contributed by atoms with Crippen molar-refractivity contribution in [3.8, 4) is 5.82 Å². The van der Waals surface area contributed by atoms with Crippen LogP contribution in [-0.4, -0.2) is 14.8 Å². The van der Waals surface area contributed by atoms with Crippen LogP contribution in [0, 0.1) is 0 Å². The van der Waals surface area contributed by atoms with Crippen LogP contribution >= 0.6 is 15.9 Å². The van der Waals surface area contributed by atoms with Gasteiger partial charge in [-0.2, -0.15) is 5.10 Å². The van der Waals surface area contributed by atoms with Gasteiger partial charge in [0.2, 0.25) is 0 Å². The van der Waals surface area contributed by atoms with Crippen LogP contribution in [0.3, 0.4) is 0 Å². The van der Waals surface area contributed by atoms with Gasteiger partial charge in [0, 0.05) is 24.5 Å². The van der Waals surface area contributed by atoms with E-state index in [1.165, 1.54) is 0 Å². The molecule has 4 nitrogen and oxygen atoms in total. The zero-order valence-corrected chi connectivity index (χ0v) is 8.98. The Morgan fingerprint density at radius 2 is 2.36 bits per heavy atom. The Balaban J connectivity index is 2.44. The Morgan fingerprint density at radius 3 is 3.00 bits per heavy atom. The van der Waals surface area contributed by atoms with E-state index in [1.54, 1.807) is 17.1 Å². The zero-order valence-electron chi connectivity index (χ0n) is 7.39. The number of aromatic nitrogens is 3. The Kier molecular flexibility index (Phi) is 2.60. The summed E-state index contributed by atoms with van der Waals surface area (Å²) in [5.74, 6) is 0.771. The van der Waals surface area contributed by atoms with E-state index in [1.807, 2.05) is 18.3 Å². The maximum atomic E-state index is 5.49. The first-order chi connectivity index (χ1) is 6.81. The van der Waals surface area contributed by atoms with Crippen molar-refractivity contribution in [3.63, 3.8) is 0 Å². The van der Waals surface area contributed by atoms with Gasteiger partial charge in [0.1, 0.15) is 0 Å². The van der Waals surface area contributed by atoms with Gasteiger partial charge in [-0.25, -0.2) is 9.67 Å². The van der Waals surface area contributed by atoms with Crippen molar-refractivity contribution in [1.82, 2.24) is 14.8 Å². The van der Waals surface area contributed by atoms with Crippen LogP contribution in [0.15, 0.2) is 35.2 Å². The summed E-state index contributed by atoms with van der Waals surface area (Å²) in [5, 5.41) is 4.16. The molecule has 2 rings (SSSR count). The van der Waals surface area contributed by atoms with E-state index in [0.29, 0.717) is 6.54 Å². The first-order valence-corrected chi connectivity index (χ1v) is 4.95. The first kappa shape index (κ1) is 9.36. The minimum atomic E-state index is 0.491. The van der Waals surface area contributed by atoms with Gasteiger partial charge in [0.05, 0.1) is 10.7 Å². The smallest absolute Gasteiger partial charge is 0.167 e.